The summed E-state index contributed by atoms with van der Waals surface area (Å²) < 4.78 is 5.10. The number of aromatic hydroxyl groups is 1. The zero-order chi connectivity index (χ0) is 13.8. The van der Waals surface area contributed by atoms with Gasteiger partial charge < -0.3 is 15.2 Å². The van der Waals surface area contributed by atoms with Gasteiger partial charge in [0.05, 0.1) is 7.11 Å². The standard InChI is InChI=1S/C15H19NO2S/c1-10-4-7-15(19-10)11(2)16-9-12-5-6-13(17)14(8-12)18-3/h4-8,11,16-17H,9H2,1-3H3. The van der Waals surface area contributed by atoms with E-state index in [1.54, 1.807) is 13.2 Å². The molecule has 19 heavy (non-hydrogen) atoms. The molecule has 1 heterocycles. The van der Waals surface area contributed by atoms with Crippen molar-refractivity contribution in [2.45, 2.75) is 26.4 Å². The molecule has 0 fully saturated rings. The van der Waals surface area contributed by atoms with Crippen LogP contribution in [-0.4, -0.2) is 12.2 Å². The number of ether oxygens (including phenoxy) is 1. The Labute approximate surface area is 117 Å². The lowest BCUT2D eigenvalue weighted by atomic mass is 10.2. The number of phenolic OH excluding ortho intramolecular Hbond substituents is 1. The van der Waals surface area contributed by atoms with Crippen LogP contribution in [0.1, 0.15) is 28.3 Å². The molecule has 102 valence electrons. The second-order valence-electron chi connectivity index (χ2n) is 4.56. The van der Waals surface area contributed by atoms with Gasteiger partial charge in [-0.1, -0.05) is 6.07 Å². The Morgan fingerprint density at radius 3 is 2.74 bits per heavy atom. The van der Waals surface area contributed by atoms with E-state index in [1.807, 2.05) is 23.5 Å². The van der Waals surface area contributed by atoms with Crippen LogP contribution in [0.5, 0.6) is 11.5 Å². The van der Waals surface area contributed by atoms with Crippen LogP contribution in [0.2, 0.25) is 0 Å². The van der Waals surface area contributed by atoms with Crippen LogP contribution in [0, 0.1) is 6.92 Å². The minimum absolute atomic E-state index is 0.174. The molecule has 0 aliphatic carbocycles. The molecule has 1 unspecified atom stereocenters. The first-order chi connectivity index (χ1) is 9.10. The molecule has 0 saturated heterocycles. The van der Waals surface area contributed by atoms with Crippen molar-refractivity contribution in [3.8, 4) is 11.5 Å². The summed E-state index contributed by atoms with van der Waals surface area (Å²) in [5.41, 5.74) is 1.09. The van der Waals surface area contributed by atoms with Gasteiger partial charge in [0, 0.05) is 22.3 Å². The molecule has 1 aromatic carbocycles. The topological polar surface area (TPSA) is 41.5 Å². The van der Waals surface area contributed by atoms with E-state index in [9.17, 15) is 5.11 Å². The van der Waals surface area contributed by atoms with Crippen LogP contribution in [0.15, 0.2) is 30.3 Å². The number of nitrogens with one attached hydrogen (secondary N) is 1. The highest BCUT2D eigenvalue weighted by Crippen LogP contribution is 2.27. The van der Waals surface area contributed by atoms with Gasteiger partial charge in [0.1, 0.15) is 0 Å². The summed E-state index contributed by atoms with van der Waals surface area (Å²) in [4.78, 5) is 2.66. The van der Waals surface area contributed by atoms with E-state index in [0.29, 0.717) is 11.8 Å². The van der Waals surface area contributed by atoms with Gasteiger partial charge in [0.15, 0.2) is 11.5 Å². The molecule has 2 aromatic rings. The fourth-order valence-electron chi connectivity index (χ4n) is 1.89. The quantitative estimate of drug-likeness (QED) is 0.877. The lowest BCUT2D eigenvalue weighted by molar-refractivity contribution is 0.372. The first kappa shape index (κ1) is 13.9. The van der Waals surface area contributed by atoms with Crippen molar-refractivity contribution < 1.29 is 9.84 Å². The van der Waals surface area contributed by atoms with Crippen molar-refractivity contribution in [3.05, 3.63) is 45.6 Å². The highest BCUT2D eigenvalue weighted by molar-refractivity contribution is 7.12. The maximum Gasteiger partial charge on any atom is 0.160 e. The summed E-state index contributed by atoms with van der Waals surface area (Å²) in [5, 5.41) is 13.0. The maximum absolute atomic E-state index is 9.55. The van der Waals surface area contributed by atoms with Crippen molar-refractivity contribution in [3.63, 3.8) is 0 Å². The van der Waals surface area contributed by atoms with Gasteiger partial charge in [0.25, 0.3) is 0 Å². The van der Waals surface area contributed by atoms with Crippen molar-refractivity contribution in [1.29, 1.82) is 0 Å². The van der Waals surface area contributed by atoms with Gasteiger partial charge in [-0.3, -0.25) is 0 Å². The lowest BCUT2D eigenvalue weighted by Crippen LogP contribution is -2.17. The molecular formula is C15H19NO2S. The van der Waals surface area contributed by atoms with E-state index in [1.165, 1.54) is 9.75 Å². The van der Waals surface area contributed by atoms with Gasteiger partial charge in [-0.25, -0.2) is 0 Å². The predicted octanol–water partition coefficient (Wildman–Crippen LogP) is 3.62. The highest BCUT2D eigenvalue weighted by atomic mass is 32.1. The molecule has 0 aliphatic heterocycles. The number of methoxy groups -OCH3 is 1. The number of benzene rings is 1. The van der Waals surface area contributed by atoms with Crippen LogP contribution in [0.3, 0.4) is 0 Å². The van der Waals surface area contributed by atoms with Gasteiger partial charge >= 0.3 is 0 Å². The number of hydrogen-bond acceptors (Lipinski definition) is 4. The van der Waals surface area contributed by atoms with Gasteiger partial charge in [-0.15, -0.1) is 11.3 Å². The Morgan fingerprint density at radius 2 is 2.11 bits per heavy atom. The van der Waals surface area contributed by atoms with Crippen LogP contribution < -0.4 is 10.1 Å². The monoisotopic (exact) mass is 277 g/mol. The van der Waals surface area contributed by atoms with E-state index in [4.69, 9.17) is 4.74 Å². The van der Waals surface area contributed by atoms with Gasteiger partial charge in [-0.2, -0.15) is 0 Å². The number of rotatable bonds is 5. The number of aryl methyl sites for hydroxylation is 1. The summed E-state index contributed by atoms with van der Waals surface area (Å²) in [7, 11) is 1.56. The normalized spacial score (nSPS) is 12.4. The number of thiophene rings is 1. The largest absolute Gasteiger partial charge is 0.504 e. The molecule has 3 nitrogen and oxygen atoms in total. The van der Waals surface area contributed by atoms with Crippen molar-refractivity contribution >= 4 is 11.3 Å². The molecule has 4 heteroatoms. The molecule has 0 spiro atoms. The van der Waals surface area contributed by atoms with Crippen molar-refractivity contribution in [1.82, 2.24) is 5.32 Å². The minimum atomic E-state index is 0.174. The first-order valence-electron chi connectivity index (χ1n) is 6.25. The van der Waals surface area contributed by atoms with E-state index < -0.39 is 0 Å². The van der Waals surface area contributed by atoms with Crippen LogP contribution in [0.25, 0.3) is 0 Å². The van der Waals surface area contributed by atoms with Gasteiger partial charge in [-0.05, 0) is 43.7 Å². The zero-order valence-electron chi connectivity index (χ0n) is 11.4. The van der Waals surface area contributed by atoms with Gasteiger partial charge in [0.2, 0.25) is 0 Å². The Hall–Kier alpha value is -1.52. The molecular weight excluding hydrogens is 258 g/mol. The van der Waals surface area contributed by atoms with Crippen LogP contribution in [0.4, 0.5) is 0 Å². The Kier molecular flexibility index (Phi) is 4.45. The molecule has 0 radical (unpaired) electrons. The fourth-order valence-corrected chi connectivity index (χ4v) is 2.79. The average molecular weight is 277 g/mol. The number of phenols is 1. The SMILES string of the molecule is COc1cc(CNC(C)c2ccc(C)s2)ccc1O. The molecule has 0 amide bonds. The predicted molar refractivity (Wildman–Crippen MR) is 79.0 cm³/mol. The molecule has 1 atom stereocenters. The fraction of sp³-hybridized carbons (Fsp3) is 0.333. The molecule has 1 aromatic heterocycles. The molecule has 0 bridgehead atoms. The van der Waals surface area contributed by atoms with Crippen molar-refractivity contribution in [2.75, 3.05) is 7.11 Å². The van der Waals surface area contributed by atoms with Crippen LogP contribution in [-0.2, 0) is 6.54 Å². The third-order valence-corrected chi connectivity index (χ3v) is 4.23. The second-order valence-corrected chi connectivity index (χ2v) is 5.88. The summed E-state index contributed by atoms with van der Waals surface area (Å²) in [6, 6.07) is 10.0. The zero-order valence-corrected chi connectivity index (χ0v) is 12.3. The summed E-state index contributed by atoms with van der Waals surface area (Å²) >= 11 is 1.81. The van der Waals surface area contributed by atoms with E-state index >= 15 is 0 Å². The maximum atomic E-state index is 9.55. The van der Waals surface area contributed by atoms with E-state index in [-0.39, 0.29) is 5.75 Å². The highest BCUT2D eigenvalue weighted by Gasteiger charge is 2.08. The minimum Gasteiger partial charge on any atom is -0.504 e. The Bertz CT molecular complexity index is 551. The molecule has 2 rings (SSSR count). The van der Waals surface area contributed by atoms with Crippen molar-refractivity contribution in [2.24, 2.45) is 0 Å². The first-order valence-corrected chi connectivity index (χ1v) is 7.07. The third-order valence-electron chi connectivity index (χ3n) is 3.04. The average Bonchev–Trinajstić information content (AvgIpc) is 2.84. The smallest absolute Gasteiger partial charge is 0.160 e. The third kappa shape index (κ3) is 3.49. The van der Waals surface area contributed by atoms with E-state index in [2.05, 4.69) is 31.3 Å². The molecule has 2 N–H and O–H groups in total. The van der Waals surface area contributed by atoms with Crippen LogP contribution >= 0.6 is 11.3 Å². The van der Waals surface area contributed by atoms with E-state index in [0.717, 1.165) is 12.1 Å². The summed E-state index contributed by atoms with van der Waals surface area (Å²) in [5.74, 6) is 0.687. The summed E-state index contributed by atoms with van der Waals surface area (Å²) in [6.45, 7) is 5.02. The number of hydrogen-bond donors (Lipinski definition) is 2. The Morgan fingerprint density at radius 1 is 1.32 bits per heavy atom. The molecule has 0 aliphatic rings. The lowest BCUT2D eigenvalue weighted by Gasteiger charge is -2.13. The summed E-state index contributed by atoms with van der Waals surface area (Å²) in [6.07, 6.45) is 0. The Balaban J connectivity index is 1.98. The second kappa shape index (κ2) is 6.08. The molecule has 0 saturated carbocycles.